The number of hydrogen-bond donors (Lipinski definition) is 1. The molecule has 0 radical (unpaired) electrons. The Balaban J connectivity index is 3.17. The highest BCUT2D eigenvalue weighted by molar-refractivity contribution is 7.93. The highest BCUT2D eigenvalue weighted by Crippen LogP contribution is 2.21. The van der Waals surface area contributed by atoms with E-state index in [1.807, 2.05) is 0 Å². The Hall–Kier alpha value is -1.05. The number of hydrogen-bond acceptors (Lipinski definition) is 4. The van der Waals surface area contributed by atoms with E-state index in [4.69, 9.17) is 5.14 Å². The average Bonchev–Trinajstić information content (AvgIpc) is 2.63. The molecule has 1 amide bonds. The molecular weight excluding hydrogens is 248 g/mol. The van der Waals surface area contributed by atoms with Crippen molar-refractivity contribution in [2.75, 3.05) is 0 Å². The first kappa shape index (κ1) is 13.0. The highest BCUT2D eigenvalue weighted by atomic mass is 32.2. The Morgan fingerprint density at radius 2 is 2.19 bits per heavy atom. The fourth-order valence-corrected chi connectivity index (χ4v) is 3.27. The van der Waals surface area contributed by atoms with Crippen LogP contribution >= 0.6 is 11.3 Å². The van der Waals surface area contributed by atoms with Crippen LogP contribution in [0.3, 0.4) is 0 Å². The van der Waals surface area contributed by atoms with Crippen molar-refractivity contribution in [2.24, 2.45) is 9.50 Å². The Kier molecular flexibility index (Phi) is 3.95. The van der Waals surface area contributed by atoms with Gasteiger partial charge in [-0.2, -0.15) is 0 Å². The number of nitrogens with two attached hydrogens (primary N) is 1. The molecule has 1 aromatic rings. The Morgan fingerprint density at radius 3 is 2.69 bits per heavy atom. The molecule has 1 unspecified atom stereocenters. The van der Waals surface area contributed by atoms with E-state index >= 15 is 0 Å². The molecule has 0 saturated carbocycles. The lowest BCUT2D eigenvalue weighted by molar-refractivity contribution is -0.115. The van der Waals surface area contributed by atoms with Crippen LogP contribution in [0.5, 0.6) is 0 Å². The molecule has 0 fully saturated rings. The van der Waals surface area contributed by atoms with Crippen molar-refractivity contribution >= 4 is 32.9 Å². The van der Waals surface area contributed by atoms with Crippen molar-refractivity contribution in [3.8, 4) is 0 Å². The fourth-order valence-electron chi connectivity index (χ4n) is 1.06. The second kappa shape index (κ2) is 4.86. The molecular formula is C9H12N2O3S2. The molecule has 0 saturated heterocycles. The summed E-state index contributed by atoms with van der Waals surface area (Å²) in [6.45, 7) is 2.91. The smallest absolute Gasteiger partial charge is 0.251 e. The molecule has 0 aliphatic carbocycles. The van der Waals surface area contributed by atoms with Crippen molar-refractivity contribution in [3.05, 3.63) is 17.0 Å². The van der Waals surface area contributed by atoms with E-state index in [1.165, 1.54) is 13.0 Å². The van der Waals surface area contributed by atoms with Gasteiger partial charge in [-0.05, 0) is 6.07 Å². The number of amides is 1. The molecule has 1 aromatic heterocycles. The van der Waals surface area contributed by atoms with Crippen LogP contribution in [-0.4, -0.2) is 15.9 Å². The summed E-state index contributed by atoms with van der Waals surface area (Å²) in [5.41, 5.74) is 0.458. The maximum atomic E-state index is 11.8. The van der Waals surface area contributed by atoms with Crippen molar-refractivity contribution < 1.29 is 13.8 Å². The average molecular weight is 260 g/mol. The zero-order valence-corrected chi connectivity index (χ0v) is 10.6. The van der Waals surface area contributed by atoms with Crippen LogP contribution in [0.1, 0.15) is 30.6 Å². The van der Waals surface area contributed by atoms with E-state index in [-0.39, 0.29) is 9.99 Å². The second-order valence-electron chi connectivity index (χ2n) is 3.11. The minimum absolute atomic E-state index is 0.0551. The molecule has 1 rings (SSSR count). The second-order valence-corrected chi connectivity index (χ2v) is 6.04. The topological polar surface area (TPSA) is 89.6 Å². The summed E-state index contributed by atoms with van der Waals surface area (Å²) in [5, 5.41) is 7.01. The van der Waals surface area contributed by atoms with E-state index < -0.39 is 15.8 Å². The fraction of sp³-hybridized carbons (Fsp3) is 0.333. The minimum atomic E-state index is -3.19. The van der Waals surface area contributed by atoms with Gasteiger partial charge in [0.1, 0.15) is 4.21 Å². The molecule has 0 aliphatic heterocycles. The number of carbonyl (C=O) groups is 2. The van der Waals surface area contributed by atoms with E-state index in [1.54, 1.807) is 12.3 Å². The van der Waals surface area contributed by atoms with Crippen molar-refractivity contribution in [1.82, 2.24) is 0 Å². The SMILES string of the molecule is CCC(=O)c1csc(S(N)(=O)=NC(C)=O)c1. The normalized spacial score (nSPS) is 14.2. The molecule has 1 heterocycles. The largest absolute Gasteiger partial charge is 0.294 e. The zero-order chi connectivity index (χ0) is 12.3. The van der Waals surface area contributed by atoms with Gasteiger partial charge in [0, 0.05) is 24.3 Å². The molecule has 1 atom stereocenters. The Labute approximate surface area is 98.0 Å². The molecule has 5 nitrogen and oxygen atoms in total. The number of thiophene rings is 1. The van der Waals surface area contributed by atoms with E-state index in [9.17, 15) is 13.8 Å². The van der Waals surface area contributed by atoms with Crippen LogP contribution in [-0.2, 0) is 14.7 Å². The lowest BCUT2D eigenvalue weighted by Crippen LogP contribution is -2.12. The first-order chi connectivity index (χ1) is 7.36. The van der Waals surface area contributed by atoms with Crippen LogP contribution in [0.15, 0.2) is 20.0 Å². The van der Waals surface area contributed by atoms with Gasteiger partial charge in [0.25, 0.3) is 5.91 Å². The predicted molar refractivity (Wildman–Crippen MR) is 62.6 cm³/mol. The monoisotopic (exact) mass is 260 g/mol. The van der Waals surface area contributed by atoms with Crippen LogP contribution in [0, 0.1) is 0 Å². The van der Waals surface area contributed by atoms with E-state index in [0.29, 0.717) is 12.0 Å². The summed E-state index contributed by atoms with van der Waals surface area (Å²) in [6, 6.07) is 1.44. The standard InChI is InChI=1S/C9H12N2O3S2/c1-3-8(13)7-4-9(15-5-7)16(10,14)11-6(2)12/h4-5H,3H2,1-2H3,(H2,10,11,12,14). The van der Waals surface area contributed by atoms with E-state index in [2.05, 4.69) is 4.36 Å². The molecule has 7 heteroatoms. The molecule has 0 spiro atoms. The lowest BCUT2D eigenvalue weighted by atomic mass is 10.2. The quantitative estimate of drug-likeness (QED) is 0.837. The molecule has 0 bridgehead atoms. The van der Waals surface area contributed by atoms with Gasteiger partial charge in [-0.25, -0.2) is 9.35 Å². The van der Waals surface area contributed by atoms with Crippen molar-refractivity contribution in [3.63, 3.8) is 0 Å². The highest BCUT2D eigenvalue weighted by Gasteiger charge is 2.14. The third-order valence-electron chi connectivity index (χ3n) is 1.77. The van der Waals surface area contributed by atoms with Crippen LogP contribution in [0.2, 0.25) is 0 Å². The number of ketones is 1. The molecule has 2 N–H and O–H groups in total. The third kappa shape index (κ3) is 2.97. The number of carbonyl (C=O) groups excluding carboxylic acids is 2. The van der Waals surface area contributed by atoms with Crippen LogP contribution in [0.4, 0.5) is 0 Å². The van der Waals surface area contributed by atoms with Crippen molar-refractivity contribution in [1.29, 1.82) is 0 Å². The van der Waals surface area contributed by atoms with Gasteiger partial charge in [0.05, 0.1) is 0 Å². The number of Topliss-reactive ketones (excluding diaryl/α,β-unsaturated/α-hetero) is 1. The molecule has 88 valence electrons. The molecule has 16 heavy (non-hydrogen) atoms. The summed E-state index contributed by atoms with van der Waals surface area (Å²) in [6.07, 6.45) is 0.367. The van der Waals surface area contributed by atoms with Crippen molar-refractivity contribution in [2.45, 2.75) is 24.5 Å². The Bertz CT molecular complexity index is 539. The van der Waals surface area contributed by atoms with Gasteiger partial charge in [0.15, 0.2) is 15.7 Å². The van der Waals surface area contributed by atoms with Gasteiger partial charge in [-0.1, -0.05) is 6.92 Å². The predicted octanol–water partition coefficient (Wildman–Crippen LogP) is 1.59. The Morgan fingerprint density at radius 1 is 1.56 bits per heavy atom. The van der Waals surface area contributed by atoms with Gasteiger partial charge >= 0.3 is 0 Å². The lowest BCUT2D eigenvalue weighted by Gasteiger charge is -1.97. The minimum Gasteiger partial charge on any atom is -0.294 e. The summed E-state index contributed by atoms with van der Waals surface area (Å²) in [7, 11) is -3.19. The molecule has 0 aliphatic rings. The number of nitrogens with zero attached hydrogens (tertiary/aromatic N) is 1. The summed E-state index contributed by atoms with van der Waals surface area (Å²) >= 11 is 1.07. The first-order valence-corrected chi connectivity index (χ1v) is 7.00. The van der Waals surface area contributed by atoms with Gasteiger partial charge in [0.2, 0.25) is 0 Å². The van der Waals surface area contributed by atoms with Crippen LogP contribution < -0.4 is 5.14 Å². The van der Waals surface area contributed by atoms with Crippen LogP contribution in [0.25, 0.3) is 0 Å². The summed E-state index contributed by atoms with van der Waals surface area (Å²) in [4.78, 5) is 22.1. The van der Waals surface area contributed by atoms with Gasteiger partial charge < -0.3 is 0 Å². The maximum Gasteiger partial charge on any atom is 0.251 e. The third-order valence-corrected chi connectivity index (χ3v) is 4.72. The molecule has 0 aromatic carbocycles. The summed E-state index contributed by atoms with van der Waals surface area (Å²) < 4.78 is 15.4. The zero-order valence-electron chi connectivity index (χ0n) is 8.93. The first-order valence-electron chi connectivity index (χ1n) is 4.54. The van der Waals surface area contributed by atoms with Gasteiger partial charge in [-0.3, -0.25) is 9.59 Å². The maximum absolute atomic E-state index is 11.8. The van der Waals surface area contributed by atoms with E-state index in [0.717, 1.165) is 11.3 Å². The number of rotatable bonds is 3. The van der Waals surface area contributed by atoms with Gasteiger partial charge in [-0.15, -0.1) is 15.7 Å². The summed E-state index contributed by atoms with van der Waals surface area (Å²) in [5.74, 6) is -0.648.